The monoisotopic (exact) mass is 367 g/mol. The summed E-state index contributed by atoms with van der Waals surface area (Å²) in [6, 6.07) is -0.0364. The molecule has 3 rings (SSSR count). The minimum absolute atomic E-state index is 0.0300. The summed E-state index contributed by atoms with van der Waals surface area (Å²) in [4.78, 5) is 30.0. The summed E-state index contributed by atoms with van der Waals surface area (Å²) in [5, 5.41) is 5.11. The number of nitrogens with zero attached hydrogens (tertiary/aromatic N) is 2. The summed E-state index contributed by atoms with van der Waals surface area (Å²) in [7, 11) is 0. The quantitative estimate of drug-likeness (QED) is 0.846. The standard InChI is InChI=1S/C17H25N3O4S/c1-12(21)20-5-2-13(3-6-20)17(22)19-15-4-7-23-9-16(15)24-8-14-10-25-11-18-14/h10-11,13,15-16H,2-9H2,1H3,(H,19,22)/t15-,16-/m1/s1. The Morgan fingerprint density at radius 3 is 2.88 bits per heavy atom. The van der Waals surface area contributed by atoms with Crippen LogP contribution in [0, 0.1) is 5.92 Å². The first-order valence-electron chi connectivity index (χ1n) is 8.76. The number of amides is 2. The Kier molecular flexibility index (Phi) is 6.39. The van der Waals surface area contributed by atoms with Crippen molar-refractivity contribution in [2.45, 2.75) is 44.9 Å². The van der Waals surface area contributed by atoms with Crippen molar-refractivity contribution in [1.82, 2.24) is 15.2 Å². The van der Waals surface area contributed by atoms with E-state index in [1.165, 1.54) is 11.3 Å². The zero-order valence-corrected chi connectivity index (χ0v) is 15.3. The summed E-state index contributed by atoms with van der Waals surface area (Å²) in [6.07, 6.45) is 2.04. The number of thiazole rings is 1. The summed E-state index contributed by atoms with van der Waals surface area (Å²) in [5.41, 5.74) is 2.68. The van der Waals surface area contributed by atoms with Gasteiger partial charge in [-0.1, -0.05) is 0 Å². The lowest BCUT2D eigenvalue weighted by molar-refractivity contribution is -0.136. The molecule has 7 nitrogen and oxygen atoms in total. The van der Waals surface area contributed by atoms with E-state index in [4.69, 9.17) is 9.47 Å². The van der Waals surface area contributed by atoms with Crippen molar-refractivity contribution in [1.29, 1.82) is 0 Å². The van der Waals surface area contributed by atoms with Crippen molar-refractivity contribution in [3.8, 4) is 0 Å². The second kappa shape index (κ2) is 8.73. The van der Waals surface area contributed by atoms with Crippen molar-refractivity contribution in [3.05, 3.63) is 16.6 Å². The van der Waals surface area contributed by atoms with Crippen molar-refractivity contribution in [3.63, 3.8) is 0 Å². The smallest absolute Gasteiger partial charge is 0.223 e. The Labute approximate surface area is 151 Å². The number of likely N-dealkylation sites (tertiary alicyclic amines) is 1. The molecule has 0 spiro atoms. The van der Waals surface area contributed by atoms with Crippen molar-refractivity contribution >= 4 is 23.2 Å². The summed E-state index contributed by atoms with van der Waals surface area (Å²) in [5.74, 6) is 0.119. The Balaban J connectivity index is 1.49. The first-order valence-corrected chi connectivity index (χ1v) is 9.70. The molecule has 0 aliphatic carbocycles. The molecule has 2 aliphatic rings. The van der Waals surface area contributed by atoms with Crippen LogP contribution < -0.4 is 5.32 Å². The molecule has 2 fully saturated rings. The molecule has 0 aromatic carbocycles. The lowest BCUT2D eigenvalue weighted by Gasteiger charge is -2.35. The molecule has 0 bridgehead atoms. The van der Waals surface area contributed by atoms with Gasteiger partial charge in [0, 0.05) is 37.9 Å². The zero-order chi connectivity index (χ0) is 17.6. The number of carbonyl (C=O) groups excluding carboxylic acids is 2. The molecule has 2 atom stereocenters. The van der Waals surface area contributed by atoms with Gasteiger partial charge in [0.05, 0.1) is 30.5 Å². The van der Waals surface area contributed by atoms with E-state index in [1.807, 2.05) is 5.38 Å². The molecule has 0 radical (unpaired) electrons. The van der Waals surface area contributed by atoms with Gasteiger partial charge in [-0.25, -0.2) is 4.98 Å². The first-order chi connectivity index (χ1) is 12.1. The minimum atomic E-state index is -0.156. The van der Waals surface area contributed by atoms with Crippen LogP contribution in [-0.4, -0.2) is 60.1 Å². The minimum Gasteiger partial charge on any atom is -0.379 e. The van der Waals surface area contributed by atoms with Crippen LogP contribution in [-0.2, 0) is 25.7 Å². The maximum atomic E-state index is 12.6. The van der Waals surface area contributed by atoms with Crippen LogP contribution in [0.25, 0.3) is 0 Å². The molecule has 2 saturated heterocycles. The second-order valence-electron chi connectivity index (χ2n) is 6.59. The summed E-state index contributed by atoms with van der Waals surface area (Å²) >= 11 is 1.54. The lowest BCUT2D eigenvalue weighted by Crippen LogP contribution is -2.52. The number of nitrogens with one attached hydrogen (secondary N) is 1. The predicted octanol–water partition coefficient (Wildman–Crippen LogP) is 1.19. The third-order valence-electron chi connectivity index (χ3n) is 4.87. The molecule has 3 heterocycles. The van der Waals surface area contributed by atoms with Gasteiger partial charge in [-0.3, -0.25) is 9.59 Å². The van der Waals surface area contributed by atoms with Gasteiger partial charge in [-0.15, -0.1) is 11.3 Å². The normalized spacial score (nSPS) is 24.9. The van der Waals surface area contributed by atoms with Crippen LogP contribution >= 0.6 is 11.3 Å². The highest BCUT2D eigenvalue weighted by Gasteiger charge is 2.32. The van der Waals surface area contributed by atoms with Gasteiger partial charge in [-0.2, -0.15) is 0 Å². The van der Waals surface area contributed by atoms with Gasteiger partial charge in [0.2, 0.25) is 11.8 Å². The highest BCUT2D eigenvalue weighted by molar-refractivity contribution is 7.07. The fourth-order valence-corrected chi connectivity index (χ4v) is 3.84. The number of piperidine rings is 1. The lowest BCUT2D eigenvalue weighted by atomic mass is 9.94. The Morgan fingerprint density at radius 2 is 2.20 bits per heavy atom. The average Bonchev–Trinajstić information content (AvgIpc) is 3.14. The van der Waals surface area contributed by atoms with E-state index in [0.29, 0.717) is 32.9 Å². The summed E-state index contributed by atoms with van der Waals surface area (Å²) in [6.45, 7) is 4.44. The molecule has 8 heteroatoms. The first kappa shape index (κ1) is 18.3. The second-order valence-corrected chi connectivity index (χ2v) is 7.31. The van der Waals surface area contributed by atoms with E-state index in [-0.39, 0.29) is 29.9 Å². The molecule has 1 N–H and O–H groups in total. The van der Waals surface area contributed by atoms with E-state index in [0.717, 1.165) is 25.0 Å². The molecule has 25 heavy (non-hydrogen) atoms. The molecule has 1 aromatic rings. The fourth-order valence-electron chi connectivity index (χ4n) is 3.30. The molecule has 0 saturated carbocycles. The summed E-state index contributed by atoms with van der Waals surface area (Å²) < 4.78 is 11.4. The predicted molar refractivity (Wildman–Crippen MR) is 93.0 cm³/mol. The average molecular weight is 367 g/mol. The fraction of sp³-hybridized carbons (Fsp3) is 0.706. The van der Waals surface area contributed by atoms with Gasteiger partial charge in [0.1, 0.15) is 6.10 Å². The van der Waals surface area contributed by atoms with E-state index in [1.54, 1.807) is 17.3 Å². The van der Waals surface area contributed by atoms with E-state index in [9.17, 15) is 9.59 Å². The van der Waals surface area contributed by atoms with Crippen LogP contribution in [0.3, 0.4) is 0 Å². The van der Waals surface area contributed by atoms with Crippen LogP contribution in [0.1, 0.15) is 31.9 Å². The van der Waals surface area contributed by atoms with Crippen LogP contribution in [0.5, 0.6) is 0 Å². The van der Waals surface area contributed by atoms with Gasteiger partial charge in [0.15, 0.2) is 0 Å². The van der Waals surface area contributed by atoms with Gasteiger partial charge >= 0.3 is 0 Å². The van der Waals surface area contributed by atoms with E-state index >= 15 is 0 Å². The molecule has 2 amide bonds. The Bertz CT molecular complexity index is 572. The van der Waals surface area contributed by atoms with Crippen molar-refractivity contribution < 1.29 is 19.1 Å². The molecule has 2 aliphatic heterocycles. The molecule has 1 aromatic heterocycles. The van der Waals surface area contributed by atoms with Gasteiger partial charge in [0.25, 0.3) is 0 Å². The Hall–Kier alpha value is -1.51. The number of hydrogen-bond acceptors (Lipinski definition) is 6. The van der Waals surface area contributed by atoms with Crippen molar-refractivity contribution in [2.75, 3.05) is 26.3 Å². The zero-order valence-electron chi connectivity index (χ0n) is 14.5. The third kappa shape index (κ3) is 4.99. The maximum Gasteiger partial charge on any atom is 0.223 e. The largest absolute Gasteiger partial charge is 0.379 e. The van der Waals surface area contributed by atoms with E-state index < -0.39 is 0 Å². The van der Waals surface area contributed by atoms with E-state index in [2.05, 4.69) is 10.3 Å². The highest BCUT2D eigenvalue weighted by Crippen LogP contribution is 2.20. The van der Waals surface area contributed by atoms with Gasteiger partial charge < -0.3 is 19.7 Å². The molecule has 0 unspecified atom stereocenters. The number of carbonyl (C=O) groups is 2. The maximum absolute atomic E-state index is 12.6. The molecular weight excluding hydrogens is 342 g/mol. The third-order valence-corrected chi connectivity index (χ3v) is 5.51. The molecular formula is C17H25N3O4S. The van der Waals surface area contributed by atoms with Crippen molar-refractivity contribution in [2.24, 2.45) is 5.92 Å². The highest BCUT2D eigenvalue weighted by atomic mass is 32.1. The number of aromatic nitrogens is 1. The van der Waals surface area contributed by atoms with Crippen LogP contribution in [0.4, 0.5) is 0 Å². The number of hydrogen-bond donors (Lipinski definition) is 1. The SMILES string of the molecule is CC(=O)N1CCC(C(=O)N[C@@H]2CCOC[C@H]2OCc2cscn2)CC1. The molecule has 138 valence electrons. The Morgan fingerprint density at radius 1 is 1.40 bits per heavy atom. The number of ether oxygens (including phenoxy) is 2. The van der Waals surface area contributed by atoms with Crippen LogP contribution in [0.2, 0.25) is 0 Å². The number of rotatable bonds is 5. The topological polar surface area (TPSA) is 80.8 Å². The van der Waals surface area contributed by atoms with Gasteiger partial charge in [-0.05, 0) is 19.3 Å². The van der Waals surface area contributed by atoms with Crippen LogP contribution in [0.15, 0.2) is 10.9 Å².